The highest BCUT2D eigenvalue weighted by Crippen LogP contribution is 2.32. The quantitative estimate of drug-likeness (QED) is 0.540. The SMILES string of the molecule is Cc1cccc(NC2=C(c3ccc(F)cc3)C(=O)N(Cc3ccc(Cl)cc3)C2=O)c1C. The van der Waals surface area contributed by atoms with E-state index in [4.69, 9.17) is 11.6 Å². The van der Waals surface area contributed by atoms with Gasteiger partial charge >= 0.3 is 0 Å². The van der Waals surface area contributed by atoms with Gasteiger partial charge < -0.3 is 5.32 Å². The second-order valence-corrected chi connectivity index (χ2v) is 7.89. The standard InChI is InChI=1S/C25H20ClFN2O2/c1-15-4-3-5-21(16(15)2)28-23-22(18-8-12-20(27)13-9-18)24(30)29(25(23)31)14-17-6-10-19(26)11-7-17/h3-13,28H,14H2,1-2H3. The summed E-state index contributed by atoms with van der Waals surface area (Å²) in [5.41, 5.74) is 4.43. The van der Waals surface area contributed by atoms with Crippen LogP contribution in [0.5, 0.6) is 0 Å². The number of amides is 2. The number of carbonyl (C=O) groups excluding carboxylic acids is 2. The summed E-state index contributed by atoms with van der Waals surface area (Å²) in [6.07, 6.45) is 0. The number of imide groups is 1. The van der Waals surface area contributed by atoms with Gasteiger partial charge in [-0.1, -0.05) is 48.0 Å². The molecule has 0 aromatic heterocycles. The molecule has 0 radical (unpaired) electrons. The Morgan fingerprint density at radius 2 is 1.58 bits per heavy atom. The van der Waals surface area contributed by atoms with Crippen LogP contribution in [-0.2, 0) is 16.1 Å². The average Bonchev–Trinajstić information content (AvgIpc) is 2.98. The first-order valence-electron chi connectivity index (χ1n) is 9.79. The molecule has 1 aliphatic heterocycles. The lowest BCUT2D eigenvalue weighted by Crippen LogP contribution is -2.32. The van der Waals surface area contributed by atoms with Crippen LogP contribution in [0.25, 0.3) is 5.57 Å². The van der Waals surface area contributed by atoms with Crippen molar-refractivity contribution in [3.63, 3.8) is 0 Å². The maximum absolute atomic E-state index is 13.5. The maximum Gasteiger partial charge on any atom is 0.278 e. The van der Waals surface area contributed by atoms with Gasteiger partial charge in [0.2, 0.25) is 0 Å². The molecular formula is C25H20ClFN2O2. The van der Waals surface area contributed by atoms with Gasteiger partial charge in [-0.15, -0.1) is 0 Å². The van der Waals surface area contributed by atoms with Crippen LogP contribution < -0.4 is 5.32 Å². The second kappa shape index (κ2) is 8.36. The number of aryl methyl sites for hydroxylation is 1. The minimum Gasteiger partial charge on any atom is -0.350 e. The van der Waals surface area contributed by atoms with Crippen molar-refractivity contribution in [2.24, 2.45) is 0 Å². The Morgan fingerprint density at radius 1 is 0.903 bits per heavy atom. The molecule has 4 rings (SSSR count). The number of anilines is 1. The molecule has 156 valence electrons. The van der Waals surface area contributed by atoms with Gasteiger partial charge in [-0.3, -0.25) is 14.5 Å². The van der Waals surface area contributed by atoms with Gasteiger partial charge in [0.25, 0.3) is 11.8 Å². The van der Waals surface area contributed by atoms with Crippen molar-refractivity contribution >= 4 is 34.7 Å². The van der Waals surface area contributed by atoms with Gasteiger partial charge in [-0.25, -0.2) is 4.39 Å². The van der Waals surface area contributed by atoms with E-state index >= 15 is 0 Å². The first kappa shape index (κ1) is 20.8. The largest absolute Gasteiger partial charge is 0.350 e. The molecule has 0 spiro atoms. The van der Waals surface area contributed by atoms with Crippen molar-refractivity contribution < 1.29 is 14.0 Å². The Labute approximate surface area is 185 Å². The van der Waals surface area contributed by atoms with Gasteiger partial charge in [0.05, 0.1) is 12.1 Å². The van der Waals surface area contributed by atoms with E-state index in [2.05, 4.69) is 5.32 Å². The predicted molar refractivity (Wildman–Crippen MR) is 120 cm³/mol. The Hall–Kier alpha value is -3.44. The molecule has 3 aromatic rings. The fourth-order valence-electron chi connectivity index (χ4n) is 3.51. The van der Waals surface area contributed by atoms with Crippen LogP contribution in [0.2, 0.25) is 5.02 Å². The third-order valence-electron chi connectivity index (χ3n) is 5.42. The van der Waals surface area contributed by atoms with E-state index in [1.165, 1.54) is 29.2 Å². The number of hydrogen-bond acceptors (Lipinski definition) is 3. The molecule has 3 aromatic carbocycles. The van der Waals surface area contributed by atoms with E-state index < -0.39 is 17.6 Å². The Balaban J connectivity index is 1.76. The number of hydrogen-bond donors (Lipinski definition) is 1. The molecule has 0 fully saturated rings. The van der Waals surface area contributed by atoms with Crippen LogP contribution in [-0.4, -0.2) is 16.7 Å². The van der Waals surface area contributed by atoms with Gasteiger partial charge in [-0.2, -0.15) is 0 Å². The normalized spacial score (nSPS) is 13.9. The molecule has 0 saturated carbocycles. The lowest BCUT2D eigenvalue weighted by atomic mass is 10.0. The van der Waals surface area contributed by atoms with Crippen molar-refractivity contribution in [1.29, 1.82) is 0 Å². The topological polar surface area (TPSA) is 49.4 Å². The van der Waals surface area contributed by atoms with E-state index in [0.29, 0.717) is 10.6 Å². The zero-order valence-electron chi connectivity index (χ0n) is 17.1. The molecule has 0 bridgehead atoms. The van der Waals surface area contributed by atoms with Gasteiger partial charge in [0.15, 0.2) is 0 Å². The van der Waals surface area contributed by atoms with Crippen LogP contribution >= 0.6 is 11.6 Å². The van der Waals surface area contributed by atoms with Crippen LogP contribution in [0.4, 0.5) is 10.1 Å². The van der Waals surface area contributed by atoms with Gasteiger partial charge in [0, 0.05) is 10.7 Å². The summed E-state index contributed by atoms with van der Waals surface area (Å²) in [6, 6.07) is 18.3. The van der Waals surface area contributed by atoms with Crippen molar-refractivity contribution in [1.82, 2.24) is 4.90 Å². The highest BCUT2D eigenvalue weighted by atomic mass is 35.5. The number of benzene rings is 3. The second-order valence-electron chi connectivity index (χ2n) is 7.45. The zero-order valence-corrected chi connectivity index (χ0v) is 17.8. The monoisotopic (exact) mass is 434 g/mol. The zero-order chi connectivity index (χ0) is 22.1. The summed E-state index contributed by atoms with van der Waals surface area (Å²) in [4.78, 5) is 27.8. The Kier molecular flexibility index (Phi) is 5.61. The van der Waals surface area contributed by atoms with Gasteiger partial charge in [-0.05, 0) is 66.4 Å². The van der Waals surface area contributed by atoms with Gasteiger partial charge in [0.1, 0.15) is 11.5 Å². The first-order valence-corrected chi connectivity index (χ1v) is 10.2. The van der Waals surface area contributed by atoms with Crippen LogP contribution in [0.3, 0.4) is 0 Å². The summed E-state index contributed by atoms with van der Waals surface area (Å²) in [5, 5.41) is 3.75. The van der Waals surface area contributed by atoms with E-state index in [1.54, 1.807) is 24.3 Å². The molecule has 2 amide bonds. The Bertz CT molecular complexity index is 1200. The fraction of sp³-hybridized carbons (Fsp3) is 0.120. The van der Waals surface area contributed by atoms with Crippen molar-refractivity contribution in [3.05, 3.63) is 106 Å². The minimum absolute atomic E-state index is 0.109. The molecule has 0 atom stereocenters. The summed E-state index contributed by atoms with van der Waals surface area (Å²) in [5.74, 6) is -1.28. The van der Waals surface area contributed by atoms with Crippen LogP contribution in [0.1, 0.15) is 22.3 Å². The van der Waals surface area contributed by atoms with Crippen molar-refractivity contribution in [2.75, 3.05) is 5.32 Å². The smallest absolute Gasteiger partial charge is 0.278 e. The molecule has 1 aliphatic rings. The molecule has 6 heteroatoms. The third kappa shape index (κ3) is 4.09. The summed E-state index contributed by atoms with van der Waals surface area (Å²) in [7, 11) is 0. The number of nitrogens with zero attached hydrogens (tertiary/aromatic N) is 1. The molecule has 1 N–H and O–H groups in total. The van der Waals surface area contributed by atoms with Crippen LogP contribution in [0, 0.1) is 19.7 Å². The summed E-state index contributed by atoms with van der Waals surface area (Å²) in [6.45, 7) is 4.03. The van der Waals surface area contributed by atoms with Crippen molar-refractivity contribution in [3.8, 4) is 0 Å². The summed E-state index contributed by atoms with van der Waals surface area (Å²) < 4.78 is 13.5. The number of rotatable bonds is 5. The third-order valence-corrected chi connectivity index (χ3v) is 5.67. The molecule has 0 saturated heterocycles. The highest BCUT2D eigenvalue weighted by Gasteiger charge is 2.39. The van der Waals surface area contributed by atoms with E-state index in [-0.39, 0.29) is 17.8 Å². The molecular weight excluding hydrogens is 415 g/mol. The maximum atomic E-state index is 13.5. The minimum atomic E-state index is -0.431. The van der Waals surface area contributed by atoms with E-state index in [0.717, 1.165) is 22.4 Å². The lowest BCUT2D eigenvalue weighted by Gasteiger charge is -2.16. The Morgan fingerprint density at radius 3 is 2.26 bits per heavy atom. The number of halogens is 2. The van der Waals surface area contributed by atoms with Crippen molar-refractivity contribution in [2.45, 2.75) is 20.4 Å². The molecule has 1 heterocycles. The lowest BCUT2D eigenvalue weighted by molar-refractivity contribution is -0.137. The first-order chi connectivity index (χ1) is 14.8. The molecule has 4 nitrogen and oxygen atoms in total. The fourth-order valence-corrected chi connectivity index (χ4v) is 3.64. The number of carbonyl (C=O) groups is 2. The molecule has 0 aliphatic carbocycles. The average molecular weight is 435 g/mol. The summed E-state index contributed by atoms with van der Waals surface area (Å²) >= 11 is 5.95. The van der Waals surface area contributed by atoms with E-state index in [1.807, 2.05) is 32.0 Å². The molecule has 0 unspecified atom stereocenters. The van der Waals surface area contributed by atoms with Crippen LogP contribution in [0.15, 0.2) is 72.4 Å². The molecule has 31 heavy (non-hydrogen) atoms. The van der Waals surface area contributed by atoms with E-state index in [9.17, 15) is 14.0 Å². The predicted octanol–water partition coefficient (Wildman–Crippen LogP) is 5.49. The number of nitrogens with one attached hydrogen (secondary N) is 1. The highest BCUT2D eigenvalue weighted by molar-refractivity contribution is 6.36.